The summed E-state index contributed by atoms with van der Waals surface area (Å²) in [6, 6.07) is 14.7. The molecule has 0 fully saturated rings. The molecular weight excluding hydrogens is 320 g/mol. The predicted molar refractivity (Wildman–Crippen MR) is 88.2 cm³/mol. The van der Waals surface area contributed by atoms with E-state index in [9.17, 15) is 14.9 Å². The van der Waals surface area contributed by atoms with Gasteiger partial charge in [-0.1, -0.05) is 6.07 Å². The van der Waals surface area contributed by atoms with Crippen molar-refractivity contribution in [3.8, 4) is 17.9 Å². The number of ketones is 1. The van der Waals surface area contributed by atoms with Gasteiger partial charge in [0.1, 0.15) is 11.6 Å². The largest absolute Gasteiger partial charge is 0.483 e. The summed E-state index contributed by atoms with van der Waals surface area (Å²) in [5.41, 5.74) is 0.455. The number of pyridine rings is 1. The molecule has 1 N–H and O–H groups in total. The summed E-state index contributed by atoms with van der Waals surface area (Å²) in [4.78, 5) is 28.4. The van der Waals surface area contributed by atoms with Gasteiger partial charge in [-0.25, -0.2) is 4.98 Å². The van der Waals surface area contributed by atoms with E-state index in [1.807, 2.05) is 6.07 Å². The minimum atomic E-state index is -1.52. The first-order valence-electron chi connectivity index (χ1n) is 7.37. The van der Waals surface area contributed by atoms with Crippen molar-refractivity contribution in [3.63, 3.8) is 0 Å². The lowest BCUT2D eigenvalue weighted by Gasteiger charge is -2.16. The van der Waals surface area contributed by atoms with Crippen LogP contribution in [0.3, 0.4) is 0 Å². The maximum Gasteiger partial charge on any atom is 0.250 e. The smallest absolute Gasteiger partial charge is 0.250 e. The van der Waals surface area contributed by atoms with Crippen LogP contribution in [0.4, 0.5) is 5.82 Å². The molecule has 0 bridgehead atoms. The van der Waals surface area contributed by atoms with Gasteiger partial charge in [-0.05, 0) is 43.3 Å². The van der Waals surface area contributed by atoms with Crippen molar-refractivity contribution in [2.24, 2.45) is 5.92 Å². The lowest BCUT2D eigenvalue weighted by molar-refractivity contribution is -0.133. The van der Waals surface area contributed by atoms with Crippen LogP contribution in [0.2, 0.25) is 0 Å². The molecule has 25 heavy (non-hydrogen) atoms. The van der Waals surface area contributed by atoms with E-state index in [1.54, 1.807) is 36.4 Å². The first-order valence-corrected chi connectivity index (χ1v) is 7.37. The number of carbonyl (C=O) groups excluding carboxylic acids is 2. The molecule has 2 rings (SSSR count). The second-order valence-corrected chi connectivity index (χ2v) is 5.06. The zero-order valence-corrected chi connectivity index (χ0v) is 13.3. The number of hydrogen-bond donors (Lipinski definition) is 1. The summed E-state index contributed by atoms with van der Waals surface area (Å²) in [6.07, 6.45) is 0.474. The maximum absolute atomic E-state index is 12.4. The highest BCUT2D eigenvalue weighted by Gasteiger charge is 2.31. The van der Waals surface area contributed by atoms with Crippen molar-refractivity contribution in [2.45, 2.75) is 13.0 Å². The molecule has 0 saturated carbocycles. The Labute approximate surface area is 144 Å². The maximum atomic E-state index is 12.4. The van der Waals surface area contributed by atoms with E-state index in [0.717, 1.165) is 0 Å². The van der Waals surface area contributed by atoms with E-state index in [0.29, 0.717) is 11.3 Å². The number of amides is 1. The van der Waals surface area contributed by atoms with Crippen molar-refractivity contribution < 1.29 is 14.3 Å². The van der Waals surface area contributed by atoms with Gasteiger partial charge in [-0.15, -0.1) is 0 Å². The van der Waals surface area contributed by atoms with Gasteiger partial charge in [0.2, 0.25) is 0 Å². The molecule has 1 amide bonds. The predicted octanol–water partition coefficient (Wildman–Crippen LogP) is 2.07. The number of aromatic nitrogens is 1. The Morgan fingerprint density at radius 2 is 1.88 bits per heavy atom. The Morgan fingerprint density at radius 3 is 2.44 bits per heavy atom. The first kappa shape index (κ1) is 17.6. The van der Waals surface area contributed by atoms with Crippen LogP contribution in [0.5, 0.6) is 5.75 Å². The summed E-state index contributed by atoms with van der Waals surface area (Å²) >= 11 is 0. The molecule has 1 aromatic heterocycles. The minimum absolute atomic E-state index is 0.251. The summed E-state index contributed by atoms with van der Waals surface area (Å²) in [7, 11) is 0. The fourth-order valence-corrected chi connectivity index (χ4v) is 1.99. The Kier molecular flexibility index (Phi) is 5.81. The molecule has 7 nitrogen and oxygen atoms in total. The summed E-state index contributed by atoms with van der Waals surface area (Å²) in [6.45, 7) is 1.46. The molecule has 1 aromatic carbocycles. The molecular formula is C18H14N4O3. The number of carbonyl (C=O) groups is 2. The van der Waals surface area contributed by atoms with Crippen LogP contribution in [0.25, 0.3) is 0 Å². The highest BCUT2D eigenvalue weighted by Crippen LogP contribution is 2.16. The number of nitrogens with zero attached hydrogens (tertiary/aromatic N) is 3. The standard InChI is InChI=1S/C18H14N4O3/c1-12(25-14-7-5-13(10-19)6-8-14)17(23)15(11-20)18(24)22-16-4-2-3-9-21-16/h2-9,12,15H,1H3,(H,21,22,24)/t12-,15-/m1/s1. The molecule has 0 unspecified atom stereocenters. The van der Waals surface area contributed by atoms with Crippen molar-refractivity contribution >= 4 is 17.5 Å². The van der Waals surface area contributed by atoms with E-state index >= 15 is 0 Å². The van der Waals surface area contributed by atoms with Crippen LogP contribution in [0.1, 0.15) is 12.5 Å². The summed E-state index contributed by atoms with van der Waals surface area (Å²) < 4.78 is 5.45. The van der Waals surface area contributed by atoms with E-state index in [2.05, 4.69) is 10.3 Å². The quantitative estimate of drug-likeness (QED) is 0.808. The number of ether oxygens (including phenoxy) is 1. The second kappa shape index (κ2) is 8.23. The van der Waals surface area contributed by atoms with E-state index < -0.39 is 23.7 Å². The Morgan fingerprint density at radius 1 is 1.16 bits per heavy atom. The van der Waals surface area contributed by atoms with Crippen molar-refractivity contribution in [3.05, 3.63) is 54.2 Å². The minimum Gasteiger partial charge on any atom is -0.483 e. The number of nitrogens with one attached hydrogen (secondary N) is 1. The summed E-state index contributed by atoms with van der Waals surface area (Å²) in [5.74, 6) is -2.33. The third-order valence-electron chi connectivity index (χ3n) is 3.29. The van der Waals surface area contributed by atoms with Gasteiger partial charge in [0, 0.05) is 6.20 Å². The molecule has 0 spiro atoms. The van der Waals surface area contributed by atoms with Gasteiger partial charge in [-0.3, -0.25) is 9.59 Å². The zero-order chi connectivity index (χ0) is 18.2. The molecule has 0 aliphatic carbocycles. The normalized spacial score (nSPS) is 12.1. The average molecular weight is 334 g/mol. The third kappa shape index (κ3) is 4.63. The van der Waals surface area contributed by atoms with E-state index in [1.165, 1.54) is 25.3 Å². The van der Waals surface area contributed by atoms with Crippen LogP contribution in [0, 0.1) is 28.6 Å². The van der Waals surface area contributed by atoms with Gasteiger partial charge in [-0.2, -0.15) is 10.5 Å². The second-order valence-electron chi connectivity index (χ2n) is 5.06. The highest BCUT2D eigenvalue weighted by molar-refractivity contribution is 6.10. The molecule has 0 saturated heterocycles. The van der Waals surface area contributed by atoms with Crippen molar-refractivity contribution in [1.29, 1.82) is 10.5 Å². The molecule has 2 aromatic rings. The van der Waals surface area contributed by atoms with E-state index in [-0.39, 0.29) is 5.82 Å². The monoisotopic (exact) mass is 334 g/mol. The number of nitriles is 2. The zero-order valence-electron chi connectivity index (χ0n) is 13.3. The Bertz CT molecular complexity index is 835. The molecule has 1 heterocycles. The first-order chi connectivity index (χ1) is 12.0. The fourth-order valence-electron chi connectivity index (χ4n) is 1.99. The molecule has 124 valence electrons. The lowest BCUT2D eigenvalue weighted by Crippen LogP contribution is -2.37. The average Bonchev–Trinajstić information content (AvgIpc) is 2.63. The lowest BCUT2D eigenvalue weighted by atomic mass is 10.0. The molecule has 0 aliphatic heterocycles. The van der Waals surface area contributed by atoms with Gasteiger partial charge < -0.3 is 10.1 Å². The number of benzene rings is 1. The summed E-state index contributed by atoms with van der Waals surface area (Å²) in [5, 5.41) is 20.4. The van der Waals surface area contributed by atoms with Crippen molar-refractivity contribution in [1.82, 2.24) is 4.98 Å². The molecule has 2 atom stereocenters. The number of hydrogen-bond acceptors (Lipinski definition) is 6. The van der Waals surface area contributed by atoms with Crippen LogP contribution in [0.15, 0.2) is 48.7 Å². The number of Topliss-reactive ketones (excluding diaryl/α,β-unsaturated/α-hetero) is 1. The Hall–Kier alpha value is -3.71. The Balaban J connectivity index is 2.03. The van der Waals surface area contributed by atoms with Gasteiger partial charge in [0.25, 0.3) is 5.91 Å². The van der Waals surface area contributed by atoms with Crippen molar-refractivity contribution in [2.75, 3.05) is 5.32 Å². The van der Waals surface area contributed by atoms with Gasteiger partial charge >= 0.3 is 0 Å². The molecule has 0 radical (unpaired) electrons. The fraction of sp³-hybridized carbons (Fsp3) is 0.167. The molecule has 0 aliphatic rings. The molecule has 7 heteroatoms. The van der Waals surface area contributed by atoms with Gasteiger partial charge in [0.05, 0.1) is 17.7 Å². The topological polar surface area (TPSA) is 116 Å². The number of anilines is 1. The van der Waals surface area contributed by atoms with E-state index in [4.69, 9.17) is 10.00 Å². The number of rotatable bonds is 6. The third-order valence-corrected chi connectivity index (χ3v) is 3.29. The SMILES string of the molecule is C[C@@H](Oc1ccc(C#N)cc1)C(=O)[C@@H](C#N)C(=O)Nc1ccccn1. The van der Waals surface area contributed by atoms with Crippen LogP contribution in [-0.2, 0) is 9.59 Å². The highest BCUT2D eigenvalue weighted by atomic mass is 16.5. The van der Waals surface area contributed by atoms with Crippen LogP contribution in [-0.4, -0.2) is 22.8 Å². The van der Waals surface area contributed by atoms with Gasteiger partial charge in [0.15, 0.2) is 17.8 Å². The van der Waals surface area contributed by atoms with Crippen LogP contribution >= 0.6 is 0 Å². The van der Waals surface area contributed by atoms with Crippen LogP contribution < -0.4 is 10.1 Å².